The van der Waals surface area contributed by atoms with Gasteiger partial charge in [-0.1, -0.05) is 6.07 Å². The molecular formula is C22H24F2N2O3. The van der Waals surface area contributed by atoms with Gasteiger partial charge < -0.3 is 19.5 Å². The first-order valence-electron chi connectivity index (χ1n) is 9.19. The minimum atomic E-state index is -0.941. The zero-order valence-electron chi connectivity index (χ0n) is 17.1. The van der Waals surface area contributed by atoms with Crippen molar-refractivity contribution >= 4 is 16.6 Å². The lowest BCUT2D eigenvalue weighted by molar-refractivity contribution is 0.322. The van der Waals surface area contributed by atoms with E-state index in [1.165, 1.54) is 6.07 Å². The van der Waals surface area contributed by atoms with Gasteiger partial charge in [-0.25, -0.2) is 13.8 Å². The molecule has 1 heterocycles. The molecule has 5 nitrogen and oxygen atoms in total. The van der Waals surface area contributed by atoms with Crippen molar-refractivity contribution in [3.05, 3.63) is 53.2 Å². The molecule has 0 spiro atoms. The summed E-state index contributed by atoms with van der Waals surface area (Å²) in [4.78, 5) is 4.15. The van der Waals surface area contributed by atoms with Gasteiger partial charge in [0.2, 0.25) is 5.75 Å². The molecule has 0 aliphatic heterocycles. The predicted octanol–water partition coefficient (Wildman–Crippen LogP) is 4.89. The molecule has 0 aliphatic carbocycles. The van der Waals surface area contributed by atoms with Crippen LogP contribution in [0.4, 0.5) is 14.5 Å². The number of hydrogen-bond donors (Lipinski definition) is 1. The Morgan fingerprint density at radius 1 is 1.00 bits per heavy atom. The number of nitrogens with zero attached hydrogens (tertiary/aromatic N) is 1. The molecule has 1 N–H and O–H groups in total. The van der Waals surface area contributed by atoms with Crippen LogP contribution in [-0.2, 0) is 6.42 Å². The third-order valence-corrected chi connectivity index (χ3v) is 4.71. The molecule has 0 bridgehead atoms. The van der Waals surface area contributed by atoms with E-state index in [0.717, 1.165) is 11.6 Å². The zero-order valence-corrected chi connectivity index (χ0v) is 17.1. The van der Waals surface area contributed by atoms with Crippen LogP contribution in [0, 0.1) is 18.6 Å². The maximum absolute atomic E-state index is 14.2. The summed E-state index contributed by atoms with van der Waals surface area (Å²) in [5.74, 6) is -0.137. The molecule has 1 unspecified atom stereocenters. The molecule has 0 fully saturated rings. The number of nitrogens with one attached hydrogen (secondary N) is 1. The minimum Gasteiger partial charge on any atom is -0.493 e. The van der Waals surface area contributed by atoms with Gasteiger partial charge in [-0.3, -0.25) is 0 Å². The van der Waals surface area contributed by atoms with E-state index in [2.05, 4.69) is 10.3 Å². The van der Waals surface area contributed by atoms with E-state index in [9.17, 15) is 8.78 Å². The van der Waals surface area contributed by atoms with Gasteiger partial charge in [0, 0.05) is 28.4 Å². The van der Waals surface area contributed by atoms with E-state index in [1.54, 1.807) is 28.3 Å². The first kappa shape index (κ1) is 20.6. The van der Waals surface area contributed by atoms with Gasteiger partial charge in [0.1, 0.15) is 5.52 Å². The highest BCUT2D eigenvalue weighted by Crippen LogP contribution is 2.40. The molecule has 1 aromatic heterocycles. The normalized spacial score (nSPS) is 12.0. The Hall–Kier alpha value is -3.09. The highest BCUT2D eigenvalue weighted by Gasteiger charge is 2.19. The Balaban J connectivity index is 1.92. The molecule has 3 aromatic rings. The van der Waals surface area contributed by atoms with Crippen molar-refractivity contribution in [2.24, 2.45) is 0 Å². The van der Waals surface area contributed by atoms with Crippen LogP contribution >= 0.6 is 0 Å². The van der Waals surface area contributed by atoms with Crippen LogP contribution < -0.4 is 19.5 Å². The Morgan fingerprint density at radius 2 is 1.72 bits per heavy atom. The van der Waals surface area contributed by atoms with Gasteiger partial charge in [-0.05, 0) is 44.5 Å². The summed E-state index contributed by atoms with van der Waals surface area (Å²) in [6.07, 6.45) is 0.607. The maximum Gasteiger partial charge on any atom is 0.203 e. The fourth-order valence-electron chi connectivity index (χ4n) is 3.45. The highest BCUT2D eigenvalue weighted by atomic mass is 19.2. The summed E-state index contributed by atoms with van der Waals surface area (Å²) < 4.78 is 44.1. The molecule has 0 radical (unpaired) electrons. The maximum atomic E-state index is 14.2. The first-order chi connectivity index (χ1) is 13.9. The first-order valence-corrected chi connectivity index (χ1v) is 9.19. The fourth-order valence-corrected chi connectivity index (χ4v) is 3.45. The lowest BCUT2D eigenvalue weighted by Gasteiger charge is -2.20. The second-order valence-electron chi connectivity index (χ2n) is 6.81. The topological polar surface area (TPSA) is 52.6 Å². The van der Waals surface area contributed by atoms with E-state index in [-0.39, 0.29) is 11.6 Å². The van der Waals surface area contributed by atoms with Gasteiger partial charge in [0.15, 0.2) is 23.1 Å². The molecule has 0 amide bonds. The largest absolute Gasteiger partial charge is 0.493 e. The molecule has 0 aliphatic rings. The highest BCUT2D eigenvalue weighted by molar-refractivity contribution is 5.92. The zero-order chi connectivity index (χ0) is 21.1. The summed E-state index contributed by atoms with van der Waals surface area (Å²) >= 11 is 0. The number of ether oxygens (including phenoxy) is 3. The molecule has 2 aromatic carbocycles. The second-order valence-corrected chi connectivity index (χ2v) is 6.81. The van der Waals surface area contributed by atoms with Crippen molar-refractivity contribution in [3.63, 3.8) is 0 Å². The fraction of sp³-hybridized carbons (Fsp3) is 0.318. The smallest absolute Gasteiger partial charge is 0.203 e. The number of pyridine rings is 1. The lowest BCUT2D eigenvalue weighted by atomic mass is 10.0. The Kier molecular flexibility index (Phi) is 6.06. The van der Waals surface area contributed by atoms with Crippen LogP contribution in [0.3, 0.4) is 0 Å². The Labute approximate surface area is 168 Å². The number of aromatic nitrogens is 1. The van der Waals surface area contributed by atoms with E-state index in [1.807, 2.05) is 25.1 Å². The van der Waals surface area contributed by atoms with E-state index >= 15 is 0 Å². The summed E-state index contributed by atoms with van der Waals surface area (Å²) in [6, 6.07) is 8.17. The van der Waals surface area contributed by atoms with Crippen molar-refractivity contribution in [3.8, 4) is 17.2 Å². The van der Waals surface area contributed by atoms with E-state index < -0.39 is 11.6 Å². The van der Waals surface area contributed by atoms with Crippen molar-refractivity contribution in [2.75, 3.05) is 26.6 Å². The van der Waals surface area contributed by atoms with Crippen LogP contribution in [0.5, 0.6) is 17.2 Å². The summed E-state index contributed by atoms with van der Waals surface area (Å²) in [6.45, 7) is 3.74. The van der Waals surface area contributed by atoms with Gasteiger partial charge >= 0.3 is 0 Å². The molecule has 7 heteroatoms. The molecule has 0 saturated carbocycles. The Bertz CT molecular complexity index is 1040. The standard InChI is InChI=1S/C22H24F2N2O3/c1-12(10-14-6-9-18(27-3)22(29-5)21(14)28-4)25-17-11-13(2)26-20-15(17)7-8-16(23)19(20)24/h6-9,11-12H,10H2,1-5H3,(H,25,26). The summed E-state index contributed by atoms with van der Waals surface area (Å²) in [5.41, 5.74) is 2.24. The summed E-state index contributed by atoms with van der Waals surface area (Å²) in [7, 11) is 4.71. The van der Waals surface area contributed by atoms with E-state index in [4.69, 9.17) is 14.2 Å². The molecule has 29 heavy (non-hydrogen) atoms. The van der Waals surface area contributed by atoms with Crippen LogP contribution in [0.2, 0.25) is 0 Å². The number of anilines is 1. The number of fused-ring (bicyclic) bond motifs is 1. The number of halogens is 2. The Morgan fingerprint density at radius 3 is 2.38 bits per heavy atom. The minimum absolute atomic E-state index is 0.0170. The molecular weight excluding hydrogens is 378 g/mol. The number of hydrogen-bond acceptors (Lipinski definition) is 5. The monoisotopic (exact) mass is 402 g/mol. The molecule has 3 rings (SSSR count). The summed E-state index contributed by atoms with van der Waals surface area (Å²) in [5, 5.41) is 3.91. The van der Waals surface area contributed by atoms with Gasteiger partial charge in [-0.2, -0.15) is 0 Å². The predicted molar refractivity (Wildman–Crippen MR) is 109 cm³/mol. The number of rotatable bonds is 7. The SMILES string of the molecule is COc1ccc(CC(C)Nc2cc(C)nc3c(F)c(F)ccc23)c(OC)c1OC. The molecule has 154 valence electrons. The van der Waals surface area contributed by atoms with Crippen molar-refractivity contribution < 1.29 is 23.0 Å². The third-order valence-electron chi connectivity index (χ3n) is 4.71. The second kappa shape index (κ2) is 8.51. The van der Waals surface area contributed by atoms with Crippen LogP contribution in [0.15, 0.2) is 30.3 Å². The van der Waals surface area contributed by atoms with Crippen molar-refractivity contribution in [2.45, 2.75) is 26.3 Å². The molecule has 0 saturated heterocycles. The average molecular weight is 402 g/mol. The number of aryl methyl sites for hydroxylation is 1. The van der Waals surface area contributed by atoms with Gasteiger partial charge in [0.25, 0.3) is 0 Å². The van der Waals surface area contributed by atoms with Gasteiger partial charge in [-0.15, -0.1) is 0 Å². The van der Waals surface area contributed by atoms with Gasteiger partial charge in [0.05, 0.1) is 21.3 Å². The number of benzene rings is 2. The number of methoxy groups -OCH3 is 3. The third kappa shape index (κ3) is 4.04. The van der Waals surface area contributed by atoms with Crippen LogP contribution in [0.1, 0.15) is 18.2 Å². The molecule has 1 atom stereocenters. The van der Waals surface area contributed by atoms with Crippen molar-refractivity contribution in [1.82, 2.24) is 4.98 Å². The van der Waals surface area contributed by atoms with Crippen LogP contribution in [-0.4, -0.2) is 32.4 Å². The van der Waals surface area contributed by atoms with Crippen LogP contribution in [0.25, 0.3) is 10.9 Å². The average Bonchev–Trinajstić information content (AvgIpc) is 2.70. The quantitative estimate of drug-likeness (QED) is 0.610. The van der Waals surface area contributed by atoms with E-state index in [0.29, 0.717) is 40.4 Å². The van der Waals surface area contributed by atoms with Crippen molar-refractivity contribution in [1.29, 1.82) is 0 Å². The lowest BCUT2D eigenvalue weighted by Crippen LogP contribution is -2.19.